The largest absolute Gasteiger partial charge is 0.494 e. The van der Waals surface area contributed by atoms with Gasteiger partial charge in [-0.2, -0.15) is 0 Å². The van der Waals surface area contributed by atoms with Crippen LogP contribution in [0.1, 0.15) is 13.2 Å². The van der Waals surface area contributed by atoms with Crippen LogP contribution < -0.4 is 4.74 Å². The summed E-state index contributed by atoms with van der Waals surface area (Å²) in [6, 6.07) is 7.51. The molecule has 4 atom stereocenters. The molecule has 4 rings (SSSR count). The first-order valence-corrected chi connectivity index (χ1v) is 8.67. The van der Waals surface area contributed by atoms with Gasteiger partial charge < -0.3 is 24.8 Å². The Kier molecular flexibility index (Phi) is 4.75. The molecule has 1 fully saturated rings. The maximum atomic E-state index is 10.3. The van der Waals surface area contributed by atoms with Crippen LogP contribution in [-0.2, 0) is 4.74 Å². The van der Waals surface area contributed by atoms with Crippen molar-refractivity contribution in [2.75, 3.05) is 13.2 Å². The van der Waals surface area contributed by atoms with Crippen LogP contribution in [-0.4, -0.2) is 66.4 Å². The molecule has 0 amide bonds. The van der Waals surface area contributed by atoms with E-state index in [1.54, 1.807) is 0 Å². The Morgan fingerprint density at radius 1 is 1.19 bits per heavy atom. The van der Waals surface area contributed by atoms with E-state index in [0.29, 0.717) is 23.5 Å². The van der Waals surface area contributed by atoms with Crippen molar-refractivity contribution in [3.8, 4) is 17.0 Å². The number of aliphatic hydroxyl groups excluding tert-OH is 3. The second-order valence-electron chi connectivity index (χ2n) is 6.24. The first-order valence-electron chi connectivity index (χ1n) is 8.67. The summed E-state index contributed by atoms with van der Waals surface area (Å²) in [6.45, 7) is 2.08. The fourth-order valence-corrected chi connectivity index (χ4v) is 3.26. The van der Waals surface area contributed by atoms with E-state index in [0.717, 1.165) is 11.3 Å². The molecule has 0 saturated carbocycles. The van der Waals surface area contributed by atoms with Gasteiger partial charge in [-0.05, 0) is 19.1 Å². The van der Waals surface area contributed by atoms with Gasteiger partial charge in [0.25, 0.3) is 0 Å². The van der Waals surface area contributed by atoms with Gasteiger partial charge in [-0.15, -0.1) is 0 Å². The van der Waals surface area contributed by atoms with E-state index in [1.807, 2.05) is 31.2 Å². The lowest BCUT2D eigenvalue weighted by atomic mass is 10.1. The number of fused-ring (bicyclic) bond motifs is 1. The van der Waals surface area contributed by atoms with Gasteiger partial charge >= 0.3 is 0 Å². The number of ether oxygens (including phenoxy) is 2. The van der Waals surface area contributed by atoms with Gasteiger partial charge in [0.15, 0.2) is 11.9 Å². The van der Waals surface area contributed by atoms with Crippen molar-refractivity contribution in [2.24, 2.45) is 0 Å². The fraction of sp³-hybridized carbons (Fsp3) is 0.389. The topological polar surface area (TPSA) is 123 Å². The highest BCUT2D eigenvalue weighted by Gasteiger charge is 2.44. The molecule has 3 aromatic rings. The van der Waals surface area contributed by atoms with Crippen LogP contribution >= 0.6 is 0 Å². The van der Waals surface area contributed by atoms with E-state index < -0.39 is 31.1 Å². The molecule has 0 spiro atoms. The van der Waals surface area contributed by atoms with Crippen molar-refractivity contribution < 1.29 is 24.8 Å². The molecule has 3 heterocycles. The van der Waals surface area contributed by atoms with Crippen molar-refractivity contribution in [3.05, 3.63) is 36.9 Å². The van der Waals surface area contributed by atoms with E-state index in [2.05, 4.69) is 15.0 Å². The van der Waals surface area contributed by atoms with Crippen molar-refractivity contribution in [1.82, 2.24) is 19.5 Å². The molecule has 1 aliphatic rings. The van der Waals surface area contributed by atoms with Gasteiger partial charge in [-0.3, -0.25) is 4.57 Å². The Bertz CT molecular complexity index is 946. The Hall–Kier alpha value is -2.59. The zero-order valence-electron chi connectivity index (χ0n) is 14.6. The molecule has 9 heteroatoms. The van der Waals surface area contributed by atoms with Gasteiger partial charge in [0.05, 0.1) is 19.5 Å². The number of hydrogen-bond acceptors (Lipinski definition) is 8. The molecule has 1 aromatic carbocycles. The molecule has 2 aromatic heterocycles. The smallest absolute Gasteiger partial charge is 0.166 e. The molecule has 0 bridgehead atoms. The Morgan fingerprint density at radius 3 is 2.78 bits per heavy atom. The lowest BCUT2D eigenvalue weighted by molar-refractivity contribution is -0.0511. The number of nitrogens with zero attached hydrogens (tertiary/aromatic N) is 4. The summed E-state index contributed by atoms with van der Waals surface area (Å²) in [6.07, 6.45) is -1.28. The van der Waals surface area contributed by atoms with Crippen LogP contribution in [0.3, 0.4) is 0 Å². The first-order chi connectivity index (χ1) is 13.1. The number of rotatable bonds is 5. The lowest BCUT2D eigenvalue weighted by Gasteiger charge is -2.16. The normalized spacial score (nSPS) is 25.2. The molecule has 3 N–H and O–H groups in total. The monoisotopic (exact) mass is 372 g/mol. The predicted molar refractivity (Wildman–Crippen MR) is 94.9 cm³/mol. The van der Waals surface area contributed by atoms with Crippen molar-refractivity contribution in [2.45, 2.75) is 31.5 Å². The van der Waals surface area contributed by atoms with E-state index in [4.69, 9.17) is 9.47 Å². The van der Waals surface area contributed by atoms with E-state index in [9.17, 15) is 15.3 Å². The minimum Gasteiger partial charge on any atom is -0.494 e. The Balaban J connectivity index is 1.76. The van der Waals surface area contributed by atoms with Gasteiger partial charge in [-0.25, -0.2) is 15.0 Å². The summed E-state index contributed by atoms with van der Waals surface area (Å²) >= 11 is 0. The third kappa shape index (κ3) is 3.04. The first kappa shape index (κ1) is 17.8. The van der Waals surface area contributed by atoms with Crippen LogP contribution in [0.4, 0.5) is 0 Å². The van der Waals surface area contributed by atoms with E-state index >= 15 is 0 Å². The number of benzene rings is 1. The summed E-state index contributed by atoms with van der Waals surface area (Å²) in [5.74, 6) is 0.727. The SMILES string of the molecule is CCOc1cccc(-c2ncnc3c2ncn3[C@@H]2O[C@H](CO)[C@@H](O)[C@H]2O)c1. The quantitative estimate of drug-likeness (QED) is 0.592. The summed E-state index contributed by atoms with van der Waals surface area (Å²) in [4.78, 5) is 13.0. The zero-order chi connectivity index (χ0) is 19.0. The number of imidazole rings is 1. The molecule has 142 valence electrons. The average molecular weight is 372 g/mol. The summed E-state index contributed by atoms with van der Waals surface area (Å²) in [5, 5.41) is 29.6. The highest BCUT2D eigenvalue weighted by atomic mass is 16.6. The maximum absolute atomic E-state index is 10.3. The number of aliphatic hydroxyl groups is 3. The van der Waals surface area contributed by atoms with Crippen molar-refractivity contribution in [1.29, 1.82) is 0 Å². The molecule has 1 aliphatic heterocycles. The lowest BCUT2D eigenvalue weighted by Crippen LogP contribution is -2.33. The highest BCUT2D eigenvalue weighted by Crippen LogP contribution is 2.33. The highest BCUT2D eigenvalue weighted by molar-refractivity contribution is 5.87. The molecule has 0 unspecified atom stereocenters. The number of hydrogen-bond donors (Lipinski definition) is 3. The van der Waals surface area contributed by atoms with Crippen LogP contribution in [0.5, 0.6) is 5.75 Å². The average Bonchev–Trinajstić information content (AvgIpc) is 3.23. The second-order valence-corrected chi connectivity index (χ2v) is 6.24. The molecule has 9 nitrogen and oxygen atoms in total. The van der Waals surface area contributed by atoms with Crippen LogP contribution in [0.2, 0.25) is 0 Å². The Morgan fingerprint density at radius 2 is 2.04 bits per heavy atom. The zero-order valence-corrected chi connectivity index (χ0v) is 14.6. The third-order valence-electron chi connectivity index (χ3n) is 4.57. The molecule has 0 radical (unpaired) electrons. The second kappa shape index (κ2) is 7.20. The summed E-state index contributed by atoms with van der Waals surface area (Å²) in [5.41, 5.74) is 2.42. The maximum Gasteiger partial charge on any atom is 0.166 e. The van der Waals surface area contributed by atoms with Crippen molar-refractivity contribution >= 4 is 11.2 Å². The van der Waals surface area contributed by atoms with Crippen LogP contribution in [0.25, 0.3) is 22.4 Å². The molecule has 27 heavy (non-hydrogen) atoms. The van der Waals surface area contributed by atoms with Gasteiger partial charge in [0, 0.05) is 5.56 Å². The van der Waals surface area contributed by atoms with Crippen LogP contribution in [0, 0.1) is 0 Å². The van der Waals surface area contributed by atoms with Crippen molar-refractivity contribution in [3.63, 3.8) is 0 Å². The molecule has 1 saturated heterocycles. The standard InChI is InChI=1S/C18H20N4O5/c1-2-26-11-5-3-4-10(6-11)13-14-17(20-8-19-13)22(9-21-14)18-16(25)15(24)12(7-23)27-18/h3-6,8-9,12,15-16,18,23-25H,2,7H2,1H3/t12-,15-,16-,18-/m1/s1. The van der Waals surface area contributed by atoms with Gasteiger partial charge in [0.2, 0.25) is 0 Å². The molecule has 0 aliphatic carbocycles. The van der Waals surface area contributed by atoms with Gasteiger partial charge in [-0.1, -0.05) is 12.1 Å². The predicted octanol–water partition coefficient (Wildman–Crippen LogP) is 0.503. The van der Waals surface area contributed by atoms with E-state index in [1.165, 1.54) is 17.2 Å². The van der Waals surface area contributed by atoms with Gasteiger partial charge in [0.1, 0.15) is 41.6 Å². The molecular formula is C18H20N4O5. The minimum absolute atomic E-state index is 0.397. The number of aromatic nitrogens is 4. The Labute approximate surface area is 154 Å². The molecular weight excluding hydrogens is 352 g/mol. The van der Waals surface area contributed by atoms with Crippen LogP contribution in [0.15, 0.2) is 36.9 Å². The third-order valence-corrected chi connectivity index (χ3v) is 4.57. The minimum atomic E-state index is -1.21. The fourth-order valence-electron chi connectivity index (χ4n) is 3.26. The summed E-state index contributed by atoms with van der Waals surface area (Å²) in [7, 11) is 0. The summed E-state index contributed by atoms with van der Waals surface area (Å²) < 4.78 is 12.7. The van der Waals surface area contributed by atoms with E-state index in [-0.39, 0.29) is 0 Å².